The molecule has 0 radical (unpaired) electrons. The summed E-state index contributed by atoms with van der Waals surface area (Å²) in [6.07, 6.45) is 6.41. The molecular weight excluding hydrogens is 231 g/mol. The molecule has 0 atom stereocenters. The molecule has 2 aromatic rings. The summed E-state index contributed by atoms with van der Waals surface area (Å²) >= 11 is 0. The third kappa shape index (κ3) is 1.75. The van der Waals surface area contributed by atoms with E-state index in [1.165, 1.54) is 18.9 Å². The minimum atomic E-state index is -0.409. The molecule has 3 rings (SSSR count). The Hall–Kier alpha value is -1.91. The summed E-state index contributed by atoms with van der Waals surface area (Å²) in [6.45, 7) is 0. The average molecular weight is 246 g/mol. The number of nitrogens with two attached hydrogens (primary N) is 1. The standard InChI is InChI=1S/C13H15FN4/c14-11-7-3-6-10(12(11)15)13-17-16-8-18(13)9-4-1-2-5-9/h3,6-9H,1-2,4-5,15H2. The third-order valence-electron chi connectivity index (χ3n) is 3.58. The molecule has 0 spiro atoms. The maximum atomic E-state index is 13.5. The number of benzene rings is 1. The van der Waals surface area contributed by atoms with Gasteiger partial charge in [0.05, 0.1) is 5.69 Å². The molecule has 1 aromatic carbocycles. The zero-order valence-corrected chi connectivity index (χ0v) is 10.0. The quantitative estimate of drug-likeness (QED) is 0.829. The second-order valence-corrected chi connectivity index (χ2v) is 4.70. The van der Waals surface area contributed by atoms with Gasteiger partial charge in [-0.15, -0.1) is 10.2 Å². The monoisotopic (exact) mass is 246 g/mol. The number of anilines is 1. The third-order valence-corrected chi connectivity index (χ3v) is 3.58. The topological polar surface area (TPSA) is 56.7 Å². The van der Waals surface area contributed by atoms with Crippen LogP contribution in [0.15, 0.2) is 24.5 Å². The van der Waals surface area contributed by atoms with Crippen LogP contribution in [0.3, 0.4) is 0 Å². The second kappa shape index (κ2) is 4.40. The first kappa shape index (κ1) is 11.2. The lowest BCUT2D eigenvalue weighted by Gasteiger charge is -2.14. The van der Waals surface area contributed by atoms with E-state index in [2.05, 4.69) is 10.2 Å². The Bertz CT molecular complexity index is 558. The largest absolute Gasteiger partial charge is 0.396 e. The normalized spacial score (nSPS) is 16.3. The fourth-order valence-corrected chi connectivity index (χ4v) is 2.62. The van der Waals surface area contributed by atoms with Crippen molar-refractivity contribution in [1.82, 2.24) is 14.8 Å². The predicted octanol–water partition coefficient (Wildman–Crippen LogP) is 2.78. The molecule has 18 heavy (non-hydrogen) atoms. The van der Waals surface area contributed by atoms with E-state index in [4.69, 9.17) is 5.73 Å². The highest BCUT2D eigenvalue weighted by Gasteiger charge is 2.22. The van der Waals surface area contributed by atoms with Gasteiger partial charge in [-0.25, -0.2) is 4.39 Å². The van der Waals surface area contributed by atoms with Crippen molar-refractivity contribution in [2.45, 2.75) is 31.7 Å². The van der Waals surface area contributed by atoms with Crippen molar-refractivity contribution < 1.29 is 4.39 Å². The van der Waals surface area contributed by atoms with Gasteiger partial charge < -0.3 is 10.3 Å². The Morgan fingerprint density at radius 2 is 2.06 bits per heavy atom. The SMILES string of the molecule is Nc1c(F)cccc1-c1nncn1C1CCCC1. The van der Waals surface area contributed by atoms with E-state index < -0.39 is 5.82 Å². The molecule has 2 N–H and O–H groups in total. The lowest BCUT2D eigenvalue weighted by atomic mass is 10.1. The van der Waals surface area contributed by atoms with Gasteiger partial charge in [0, 0.05) is 11.6 Å². The number of nitrogens with zero attached hydrogens (tertiary/aromatic N) is 3. The summed E-state index contributed by atoms with van der Waals surface area (Å²) in [5.74, 6) is 0.257. The highest BCUT2D eigenvalue weighted by Crippen LogP contribution is 2.34. The highest BCUT2D eigenvalue weighted by atomic mass is 19.1. The van der Waals surface area contributed by atoms with Crippen LogP contribution >= 0.6 is 0 Å². The molecule has 1 aliphatic carbocycles. The lowest BCUT2D eigenvalue weighted by molar-refractivity contribution is 0.521. The summed E-state index contributed by atoms with van der Waals surface area (Å²) in [6, 6.07) is 5.20. The first-order chi connectivity index (χ1) is 8.77. The number of halogens is 1. The fourth-order valence-electron chi connectivity index (χ4n) is 2.62. The van der Waals surface area contributed by atoms with Crippen LogP contribution in [0, 0.1) is 5.82 Å². The molecular formula is C13H15FN4. The Morgan fingerprint density at radius 3 is 2.83 bits per heavy atom. The first-order valence-electron chi connectivity index (χ1n) is 6.21. The summed E-state index contributed by atoms with van der Waals surface area (Å²) in [4.78, 5) is 0. The van der Waals surface area contributed by atoms with E-state index >= 15 is 0 Å². The maximum absolute atomic E-state index is 13.5. The fraction of sp³-hybridized carbons (Fsp3) is 0.385. The molecule has 1 fully saturated rings. The maximum Gasteiger partial charge on any atom is 0.166 e. The van der Waals surface area contributed by atoms with Gasteiger partial charge in [-0.1, -0.05) is 18.9 Å². The summed E-state index contributed by atoms with van der Waals surface area (Å²) in [7, 11) is 0. The molecule has 0 amide bonds. The van der Waals surface area contributed by atoms with Crippen LogP contribution in [0.2, 0.25) is 0 Å². The number of hydrogen-bond donors (Lipinski definition) is 1. The molecule has 0 aliphatic heterocycles. The van der Waals surface area contributed by atoms with E-state index in [9.17, 15) is 4.39 Å². The van der Waals surface area contributed by atoms with Crippen molar-refractivity contribution in [3.8, 4) is 11.4 Å². The van der Waals surface area contributed by atoms with Gasteiger partial charge in [-0.05, 0) is 25.0 Å². The van der Waals surface area contributed by atoms with Crippen LogP contribution in [0.25, 0.3) is 11.4 Å². The number of para-hydroxylation sites is 1. The number of hydrogen-bond acceptors (Lipinski definition) is 3. The van der Waals surface area contributed by atoms with Crippen molar-refractivity contribution in [3.63, 3.8) is 0 Å². The van der Waals surface area contributed by atoms with Gasteiger partial charge in [0.15, 0.2) is 5.82 Å². The van der Waals surface area contributed by atoms with Crippen LogP contribution in [0.5, 0.6) is 0 Å². The Balaban J connectivity index is 2.06. The van der Waals surface area contributed by atoms with Crippen LogP contribution in [-0.2, 0) is 0 Å². The molecule has 0 saturated heterocycles. The van der Waals surface area contributed by atoms with Gasteiger partial charge in [-0.3, -0.25) is 0 Å². The van der Waals surface area contributed by atoms with Crippen LogP contribution in [-0.4, -0.2) is 14.8 Å². The number of rotatable bonds is 2. The lowest BCUT2D eigenvalue weighted by Crippen LogP contribution is -2.07. The van der Waals surface area contributed by atoms with E-state index in [-0.39, 0.29) is 5.69 Å². The Kier molecular flexibility index (Phi) is 2.74. The molecule has 4 nitrogen and oxygen atoms in total. The van der Waals surface area contributed by atoms with Crippen molar-refractivity contribution in [2.75, 3.05) is 5.73 Å². The van der Waals surface area contributed by atoms with Crippen LogP contribution in [0.1, 0.15) is 31.7 Å². The number of aromatic nitrogens is 3. The van der Waals surface area contributed by atoms with E-state index in [0.717, 1.165) is 12.8 Å². The summed E-state index contributed by atoms with van der Waals surface area (Å²) < 4.78 is 15.5. The van der Waals surface area contributed by atoms with Gasteiger partial charge in [0.2, 0.25) is 0 Å². The number of nitrogen functional groups attached to an aromatic ring is 1. The molecule has 1 saturated carbocycles. The van der Waals surface area contributed by atoms with Gasteiger partial charge in [0.1, 0.15) is 12.1 Å². The molecule has 0 bridgehead atoms. The zero-order valence-electron chi connectivity index (χ0n) is 10.0. The van der Waals surface area contributed by atoms with Crippen LogP contribution < -0.4 is 5.73 Å². The van der Waals surface area contributed by atoms with Crippen LogP contribution in [0.4, 0.5) is 10.1 Å². The molecule has 1 aromatic heterocycles. The molecule has 1 heterocycles. The van der Waals surface area contributed by atoms with Gasteiger partial charge in [0.25, 0.3) is 0 Å². The minimum absolute atomic E-state index is 0.143. The summed E-state index contributed by atoms with van der Waals surface area (Å²) in [5.41, 5.74) is 6.55. The molecule has 1 aliphatic rings. The van der Waals surface area contributed by atoms with Gasteiger partial charge >= 0.3 is 0 Å². The van der Waals surface area contributed by atoms with E-state index in [0.29, 0.717) is 17.4 Å². The zero-order chi connectivity index (χ0) is 12.5. The Morgan fingerprint density at radius 1 is 1.28 bits per heavy atom. The first-order valence-corrected chi connectivity index (χ1v) is 6.21. The predicted molar refractivity (Wildman–Crippen MR) is 67.3 cm³/mol. The van der Waals surface area contributed by atoms with Crippen molar-refractivity contribution >= 4 is 5.69 Å². The second-order valence-electron chi connectivity index (χ2n) is 4.70. The molecule has 0 unspecified atom stereocenters. The average Bonchev–Trinajstić information content (AvgIpc) is 3.01. The Labute approximate surface area is 105 Å². The molecule has 94 valence electrons. The highest BCUT2D eigenvalue weighted by molar-refractivity contribution is 5.71. The smallest absolute Gasteiger partial charge is 0.166 e. The van der Waals surface area contributed by atoms with Crippen molar-refractivity contribution in [2.24, 2.45) is 0 Å². The van der Waals surface area contributed by atoms with Crippen molar-refractivity contribution in [1.29, 1.82) is 0 Å². The van der Waals surface area contributed by atoms with E-state index in [1.54, 1.807) is 18.5 Å². The molecule has 5 heteroatoms. The summed E-state index contributed by atoms with van der Waals surface area (Å²) in [5, 5.41) is 8.05. The van der Waals surface area contributed by atoms with Crippen molar-refractivity contribution in [3.05, 3.63) is 30.3 Å². The van der Waals surface area contributed by atoms with E-state index in [1.807, 2.05) is 4.57 Å². The minimum Gasteiger partial charge on any atom is -0.396 e. The van der Waals surface area contributed by atoms with Gasteiger partial charge in [-0.2, -0.15) is 0 Å².